The van der Waals surface area contributed by atoms with E-state index in [9.17, 15) is 9.59 Å². The second kappa shape index (κ2) is 10.4. The van der Waals surface area contributed by atoms with Crippen molar-refractivity contribution in [2.75, 3.05) is 44.4 Å². The van der Waals surface area contributed by atoms with Crippen LogP contribution in [0, 0.1) is 0 Å². The van der Waals surface area contributed by atoms with Crippen LogP contribution in [0.4, 0.5) is 10.6 Å². The predicted molar refractivity (Wildman–Crippen MR) is 117 cm³/mol. The van der Waals surface area contributed by atoms with Crippen LogP contribution in [-0.4, -0.2) is 82.4 Å². The van der Waals surface area contributed by atoms with E-state index in [0.29, 0.717) is 38.0 Å². The Labute approximate surface area is 188 Å². The average molecular weight is 459 g/mol. The quantitative estimate of drug-likeness (QED) is 0.570. The first-order chi connectivity index (χ1) is 14.4. The van der Waals surface area contributed by atoms with E-state index in [-0.39, 0.29) is 19.1 Å². The van der Waals surface area contributed by atoms with Gasteiger partial charge in [0, 0.05) is 25.6 Å². The molecule has 0 saturated carbocycles. The highest BCUT2D eigenvalue weighted by molar-refractivity contribution is 6.99. The first-order valence-corrected chi connectivity index (χ1v) is 11.1. The fraction of sp³-hybridized carbons (Fsp3) is 0.800. The molecule has 1 amide bonds. The van der Waals surface area contributed by atoms with Crippen molar-refractivity contribution < 1.29 is 28.5 Å². The van der Waals surface area contributed by atoms with E-state index in [0.717, 1.165) is 11.7 Å². The summed E-state index contributed by atoms with van der Waals surface area (Å²) in [6.45, 7) is 15.3. The average Bonchev–Trinajstić information content (AvgIpc) is 3.10. The number of rotatable bonds is 7. The Bertz CT molecular complexity index is 737. The molecule has 1 atom stereocenters. The molecule has 1 aliphatic rings. The van der Waals surface area contributed by atoms with Crippen molar-refractivity contribution in [3.05, 3.63) is 0 Å². The molecule has 0 aliphatic carbocycles. The van der Waals surface area contributed by atoms with E-state index in [2.05, 4.69) is 8.75 Å². The highest BCUT2D eigenvalue weighted by Crippen LogP contribution is 2.27. The number of ether oxygens (including phenoxy) is 4. The van der Waals surface area contributed by atoms with Gasteiger partial charge in [0.25, 0.3) is 5.88 Å². The van der Waals surface area contributed by atoms with Gasteiger partial charge in [0.1, 0.15) is 12.2 Å². The molecule has 0 unspecified atom stereocenters. The van der Waals surface area contributed by atoms with Gasteiger partial charge in [0.15, 0.2) is 6.10 Å². The van der Waals surface area contributed by atoms with Crippen molar-refractivity contribution in [3.63, 3.8) is 0 Å². The molecular formula is C20H34N4O6S. The van der Waals surface area contributed by atoms with Gasteiger partial charge in [-0.3, -0.25) is 4.79 Å². The van der Waals surface area contributed by atoms with E-state index in [4.69, 9.17) is 18.9 Å². The maximum atomic E-state index is 12.3. The zero-order valence-electron chi connectivity index (χ0n) is 19.5. The molecule has 0 spiro atoms. The third-order valence-electron chi connectivity index (χ3n) is 4.39. The third kappa shape index (κ3) is 8.13. The van der Waals surface area contributed by atoms with Crippen LogP contribution in [0.5, 0.6) is 5.88 Å². The van der Waals surface area contributed by atoms with Crippen molar-refractivity contribution in [2.24, 2.45) is 0 Å². The zero-order valence-corrected chi connectivity index (χ0v) is 20.3. The lowest BCUT2D eigenvalue weighted by Gasteiger charge is -2.37. The maximum absolute atomic E-state index is 12.3. The van der Waals surface area contributed by atoms with Gasteiger partial charge in [0.05, 0.1) is 31.5 Å². The van der Waals surface area contributed by atoms with Gasteiger partial charge in [-0.1, -0.05) is 0 Å². The summed E-state index contributed by atoms with van der Waals surface area (Å²) in [5, 5.41) is 0. The van der Waals surface area contributed by atoms with Crippen LogP contribution in [0.1, 0.15) is 48.5 Å². The topological polar surface area (TPSA) is 103 Å². The molecule has 176 valence electrons. The number of carbonyl (C=O) groups is 2. The monoisotopic (exact) mass is 458 g/mol. The highest BCUT2D eigenvalue weighted by atomic mass is 32.1. The number of aromatic nitrogens is 2. The molecular weight excluding hydrogens is 424 g/mol. The Balaban J connectivity index is 2.12. The smallest absolute Gasteiger partial charge is 0.470 e. The van der Waals surface area contributed by atoms with Crippen LogP contribution >= 0.6 is 11.7 Å². The van der Waals surface area contributed by atoms with Gasteiger partial charge in [-0.2, -0.15) is 4.37 Å². The number of carbonyl (C=O) groups excluding carboxylic acids is 2. The van der Waals surface area contributed by atoms with Crippen LogP contribution in [0.2, 0.25) is 0 Å². The van der Waals surface area contributed by atoms with Crippen LogP contribution in [0.15, 0.2) is 0 Å². The van der Waals surface area contributed by atoms with E-state index < -0.39 is 23.4 Å². The van der Waals surface area contributed by atoms with Crippen molar-refractivity contribution in [1.29, 1.82) is 0 Å². The lowest BCUT2D eigenvalue weighted by Crippen LogP contribution is -2.50. The zero-order chi connectivity index (χ0) is 23.2. The number of morpholine rings is 1. The second-order valence-electron chi connectivity index (χ2n) is 9.31. The molecule has 1 aliphatic heterocycles. The van der Waals surface area contributed by atoms with Gasteiger partial charge in [0.2, 0.25) is 11.7 Å². The molecule has 0 bridgehead atoms. The molecule has 1 saturated heterocycles. The van der Waals surface area contributed by atoms with Crippen molar-refractivity contribution >= 4 is 29.6 Å². The third-order valence-corrected chi connectivity index (χ3v) is 4.89. The lowest BCUT2D eigenvalue weighted by molar-refractivity contribution is -0.136. The summed E-state index contributed by atoms with van der Waals surface area (Å²) in [6, 6.07) is 0. The standard InChI is InChI=1S/C20H34N4O6S/c1-14(25)24(19(2,3)4)12-15(29-18(26)30-20(5,6)7)13-28-17-16(21-31-22-17)23-8-10-27-11-9-23/h15H,8-13H2,1-7H3/t15-/m0/s1. The summed E-state index contributed by atoms with van der Waals surface area (Å²) in [4.78, 5) is 28.2. The highest BCUT2D eigenvalue weighted by Gasteiger charge is 2.31. The largest absolute Gasteiger partial charge is 0.509 e. The number of hydrogen-bond acceptors (Lipinski definition) is 10. The summed E-state index contributed by atoms with van der Waals surface area (Å²) in [7, 11) is 0. The van der Waals surface area contributed by atoms with Gasteiger partial charge >= 0.3 is 6.16 Å². The van der Waals surface area contributed by atoms with Gasteiger partial charge in [-0.15, -0.1) is 4.37 Å². The molecule has 11 heteroatoms. The van der Waals surface area contributed by atoms with Crippen LogP contribution in [0.25, 0.3) is 0 Å². The predicted octanol–water partition coefficient (Wildman–Crippen LogP) is 2.72. The lowest BCUT2D eigenvalue weighted by atomic mass is 10.1. The summed E-state index contributed by atoms with van der Waals surface area (Å²) in [6.07, 6.45) is -1.57. The Morgan fingerprint density at radius 1 is 1.16 bits per heavy atom. The number of anilines is 1. The van der Waals surface area contributed by atoms with Gasteiger partial charge in [-0.25, -0.2) is 4.79 Å². The Hall–Kier alpha value is -2.14. The molecule has 0 radical (unpaired) electrons. The molecule has 2 rings (SSSR count). The van der Waals surface area contributed by atoms with E-state index in [1.54, 1.807) is 25.7 Å². The first kappa shape index (κ1) is 25.1. The molecule has 1 aromatic rings. The Morgan fingerprint density at radius 2 is 1.81 bits per heavy atom. The maximum Gasteiger partial charge on any atom is 0.509 e. The summed E-state index contributed by atoms with van der Waals surface area (Å²) in [5.41, 5.74) is -1.16. The minimum atomic E-state index is -0.816. The second-order valence-corrected chi connectivity index (χ2v) is 9.84. The van der Waals surface area contributed by atoms with Crippen molar-refractivity contribution in [3.8, 4) is 5.88 Å². The molecule has 1 aromatic heterocycles. The molecule has 31 heavy (non-hydrogen) atoms. The molecule has 2 heterocycles. The van der Waals surface area contributed by atoms with Gasteiger partial charge < -0.3 is 28.7 Å². The number of amides is 1. The van der Waals surface area contributed by atoms with Crippen LogP contribution in [-0.2, 0) is 19.0 Å². The number of hydrogen-bond donors (Lipinski definition) is 0. The summed E-state index contributed by atoms with van der Waals surface area (Å²) >= 11 is 1.05. The van der Waals surface area contributed by atoms with Crippen molar-refractivity contribution in [1.82, 2.24) is 13.6 Å². The molecule has 0 N–H and O–H groups in total. The van der Waals surface area contributed by atoms with Gasteiger partial charge in [-0.05, 0) is 41.5 Å². The normalized spacial score (nSPS) is 15.9. The number of nitrogens with zero attached hydrogens (tertiary/aromatic N) is 4. The van der Waals surface area contributed by atoms with E-state index >= 15 is 0 Å². The minimum Gasteiger partial charge on any atom is -0.470 e. The van der Waals surface area contributed by atoms with Crippen LogP contribution < -0.4 is 9.64 Å². The summed E-state index contributed by atoms with van der Waals surface area (Å²) in [5.74, 6) is 0.882. The Morgan fingerprint density at radius 3 is 2.35 bits per heavy atom. The SMILES string of the molecule is CC(=O)N(C[C@@H](COc1nsnc1N1CCOCC1)OC(=O)OC(C)(C)C)C(C)(C)C. The molecule has 1 fully saturated rings. The minimum absolute atomic E-state index is 0.00184. The van der Waals surface area contributed by atoms with Crippen LogP contribution in [0.3, 0.4) is 0 Å². The summed E-state index contributed by atoms with van der Waals surface area (Å²) < 4.78 is 30.7. The van der Waals surface area contributed by atoms with Crippen molar-refractivity contribution in [2.45, 2.75) is 65.7 Å². The fourth-order valence-corrected chi connectivity index (χ4v) is 3.54. The molecule has 10 nitrogen and oxygen atoms in total. The van der Waals surface area contributed by atoms with E-state index in [1.165, 1.54) is 6.92 Å². The molecule has 0 aromatic carbocycles. The first-order valence-electron chi connectivity index (χ1n) is 10.3. The fourth-order valence-electron chi connectivity index (χ4n) is 3.02. The Kier molecular flexibility index (Phi) is 8.47. The van der Waals surface area contributed by atoms with E-state index in [1.807, 2.05) is 25.7 Å².